The second-order valence-electron chi connectivity index (χ2n) is 0.854. The monoisotopic (exact) mass is 183 g/mol. The van der Waals surface area contributed by atoms with Crippen molar-refractivity contribution in [2.45, 2.75) is 1.94 Å². The Morgan fingerprint density at radius 2 is 2.00 bits per heavy atom. The summed E-state index contributed by atoms with van der Waals surface area (Å²) in [5.41, 5.74) is 0. The third kappa shape index (κ3) is 0.640. The first-order valence-electron chi connectivity index (χ1n) is 1.46. The Morgan fingerprint density at radius 1 is 1.75 bits per heavy atom. The van der Waals surface area contributed by atoms with E-state index < -0.39 is 0 Å². The minimum atomic E-state index is -0.00309. The molecule has 0 aromatic heterocycles. The van der Waals surface area contributed by atoms with Gasteiger partial charge < -0.3 is 0 Å². The van der Waals surface area contributed by atoms with Gasteiger partial charge in [0, 0.05) is 0 Å². The molecule has 2 heteroatoms. The van der Waals surface area contributed by atoms with Gasteiger partial charge in [-0.25, -0.2) is 0 Å². The van der Waals surface area contributed by atoms with Crippen LogP contribution in [0.15, 0.2) is 0 Å². The van der Waals surface area contributed by atoms with Crippen molar-refractivity contribution >= 4 is 0 Å². The fraction of sp³-hybridized carbons (Fsp3) is 1.00. The van der Waals surface area contributed by atoms with Crippen LogP contribution >= 0.6 is 0 Å². The van der Waals surface area contributed by atoms with Crippen molar-refractivity contribution in [2.24, 2.45) is 0 Å². The van der Waals surface area contributed by atoms with Crippen LogP contribution < -0.4 is 1.28 Å². The summed E-state index contributed by atoms with van der Waals surface area (Å²) in [5, 5.41) is 0. The Kier molecular flexibility index (Phi) is 1.49. The van der Waals surface area contributed by atoms with Crippen molar-refractivity contribution in [3.05, 3.63) is 0 Å². The molecule has 0 amide bonds. The van der Waals surface area contributed by atoms with Gasteiger partial charge in [0.25, 0.3) is 0 Å². The molecule has 1 aliphatic rings. The molecule has 0 radical (unpaired) electrons. The van der Waals surface area contributed by atoms with Crippen molar-refractivity contribution in [2.75, 3.05) is 6.54 Å². The summed E-state index contributed by atoms with van der Waals surface area (Å²) in [4.78, 5) is 0. The van der Waals surface area contributed by atoms with Crippen molar-refractivity contribution in [3.63, 3.8) is 0 Å². The van der Waals surface area contributed by atoms with Gasteiger partial charge in [-0.05, 0) is 0 Å². The topological polar surface area (TPSA) is 12.0 Å². The van der Waals surface area contributed by atoms with Gasteiger partial charge in [-0.2, -0.15) is 0 Å². The van der Waals surface area contributed by atoms with Crippen molar-refractivity contribution < 1.29 is 37.9 Å². The SMILES string of the molecule is C1[CH2][Ce][NH]1. The Morgan fingerprint density at radius 3 is 2.00 bits per heavy atom. The van der Waals surface area contributed by atoms with E-state index in [9.17, 15) is 0 Å². The summed E-state index contributed by atoms with van der Waals surface area (Å²) >= 11 is -0.00309. The molecule has 4 heavy (non-hydrogen) atoms. The number of hydrogen-bond donors (Lipinski definition) is 1. The maximum absolute atomic E-state index is 3.31. The third-order valence-electron chi connectivity index (χ3n) is 0.500. The first-order valence-corrected chi connectivity index (χ1v) is 5.25. The summed E-state index contributed by atoms with van der Waals surface area (Å²) in [6.45, 7) is 1.34. The van der Waals surface area contributed by atoms with E-state index in [-0.39, 0.29) is 37.9 Å². The summed E-state index contributed by atoms with van der Waals surface area (Å²) in [7, 11) is 0. The second kappa shape index (κ2) is 1.70. The maximum atomic E-state index is 3.31. The van der Waals surface area contributed by atoms with Crippen LogP contribution in [0.3, 0.4) is 0 Å². The summed E-state index contributed by atoms with van der Waals surface area (Å²) in [6, 6.07) is 0. The van der Waals surface area contributed by atoms with Crippen molar-refractivity contribution in [1.29, 1.82) is 0 Å². The molecular formula is C2H5CeN. The quantitative estimate of drug-likeness (QED) is 0.557. The van der Waals surface area contributed by atoms with Gasteiger partial charge in [0.2, 0.25) is 0 Å². The first kappa shape index (κ1) is 3.52. The molecule has 0 saturated carbocycles. The van der Waals surface area contributed by atoms with Gasteiger partial charge in [0.1, 0.15) is 0 Å². The molecule has 0 unspecified atom stereocenters. The molecule has 0 aliphatic carbocycles. The standard InChI is InChI=1S/C2H5N.Ce/c1-2-3;/h3H,1-2H2;/q-1;+1. The van der Waals surface area contributed by atoms with E-state index in [2.05, 4.69) is 1.28 Å². The zero-order valence-electron chi connectivity index (χ0n) is 2.41. The van der Waals surface area contributed by atoms with Crippen LogP contribution in [-0.2, 0) is 0 Å². The zero-order chi connectivity index (χ0) is 2.83. The second-order valence-corrected chi connectivity index (χ2v) is 4.64. The van der Waals surface area contributed by atoms with E-state index in [1.807, 2.05) is 0 Å². The average molecular weight is 183 g/mol. The molecule has 1 aliphatic heterocycles. The molecule has 1 N–H and O–H groups in total. The van der Waals surface area contributed by atoms with Gasteiger partial charge in [0.15, 0.2) is 0 Å². The van der Waals surface area contributed by atoms with E-state index in [0.717, 1.165) is 0 Å². The van der Waals surface area contributed by atoms with Gasteiger partial charge in [0.05, 0.1) is 0 Å². The van der Waals surface area contributed by atoms with Gasteiger partial charge in [-0.3, -0.25) is 0 Å². The minimum absolute atomic E-state index is 0.00309. The van der Waals surface area contributed by atoms with E-state index in [1.165, 1.54) is 6.54 Å². The van der Waals surface area contributed by atoms with Crippen LogP contribution in [0.2, 0.25) is 1.94 Å². The van der Waals surface area contributed by atoms with Crippen molar-refractivity contribution in [1.82, 2.24) is 1.28 Å². The molecule has 1 heterocycles. The van der Waals surface area contributed by atoms with Gasteiger partial charge >= 0.3 is 47.7 Å². The number of hydrogen-bond acceptors (Lipinski definition) is 1. The van der Waals surface area contributed by atoms with Crippen LogP contribution in [0.4, 0.5) is 0 Å². The summed E-state index contributed by atoms with van der Waals surface area (Å²) in [6.07, 6.45) is 0. The predicted molar refractivity (Wildman–Crippen MR) is 12.8 cm³/mol. The molecule has 22 valence electrons. The fourth-order valence-electron chi connectivity index (χ4n) is 0.125. The number of rotatable bonds is 0. The van der Waals surface area contributed by atoms with Crippen LogP contribution in [0.5, 0.6) is 0 Å². The molecule has 0 bridgehead atoms. The van der Waals surface area contributed by atoms with Crippen LogP contribution in [0.25, 0.3) is 0 Å². The third-order valence-corrected chi connectivity index (χ3v) is 3.64. The average Bonchev–Trinajstić information content (AvgIpc) is 0.722. The van der Waals surface area contributed by atoms with Gasteiger partial charge in [-0.15, -0.1) is 0 Å². The molecule has 1 saturated heterocycles. The van der Waals surface area contributed by atoms with E-state index >= 15 is 0 Å². The molecule has 0 atom stereocenters. The predicted octanol–water partition coefficient (Wildman–Crippen LogP) is 0.00790. The fourth-order valence-corrected chi connectivity index (χ4v) is 0.910. The Labute approximate surface area is 47.1 Å². The van der Waals surface area contributed by atoms with Crippen LogP contribution in [-0.4, -0.2) is 6.54 Å². The number of nitrogens with one attached hydrogen (secondary N) is 1. The van der Waals surface area contributed by atoms with Crippen molar-refractivity contribution in [3.8, 4) is 0 Å². The van der Waals surface area contributed by atoms with Gasteiger partial charge in [-0.1, -0.05) is 0 Å². The normalized spacial score (nSPS) is 22.0. The molecule has 0 aromatic rings. The van der Waals surface area contributed by atoms with E-state index in [1.54, 1.807) is 1.94 Å². The van der Waals surface area contributed by atoms with E-state index in [0.29, 0.717) is 0 Å². The molecule has 0 aromatic carbocycles. The molecule has 0 spiro atoms. The Hall–Kier alpha value is 1.34. The Bertz CT molecular complexity index is 14.0. The molecule has 1 fully saturated rings. The summed E-state index contributed by atoms with van der Waals surface area (Å²) in [5.74, 6) is 0. The van der Waals surface area contributed by atoms with Crippen LogP contribution in [0, 0.1) is 37.9 Å². The Balaban J connectivity index is 2.00. The molecular weight excluding hydrogens is 178 g/mol. The molecule has 1 rings (SSSR count). The molecule has 1 nitrogen and oxygen atoms in total. The van der Waals surface area contributed by atoms with Crippen LogP contribution in [0.1, 0.15) is 0 Å². The zero-order valence-corrected chi connectivity index (χ0v) is 5.55. The van der Waals surface area contributed by atoms with E-state index in [4.69, 9.17) is 0 Å². The first-order chi connectivity index (χ1) is 2.00. The summed E-state index contributed by atoms with van der Waals surface area (Å²) < 4.78 is 4.89.